The fourth-order valence-electron chi connectivity index (χ4n) is 3.58. The number of fused-ring (bicyclic) bond motifs is 1. The molecule has 0 spiro atoms. The fourth-order valence-corrected chi connectivity index (χ4v) is 3.58. The SMILES string of the molecule is Cn1cnnc1CC1(O)CCCN(c2nccc3ccc(F)cc23)C1. The van der Waals surface area contributed by atoms with Gasteiger partial charge in [-0.05, 0) is 36.4 Å². The molecular weight excluding hydrogens is 321 g/mol. The van der Waals surface area contributed by atoms with Crippen LogP contribution in [0.5, 0.6) is 0 Å². The number of rotatable bonds is 3. The van der Waals surface area contributed by atoms with E-state index in [1.807, 2.05) is 22.6 Å². The monoisotopic (exact) mass is 341 g/mol. The molecule has 3 heterocycles. The third kappa shape index (κ3) is 3.07. The Kier molecular flexibility index (Phi) is 3.88. The Morgan fingerprint density at radius 2 is 2.20 bits per heavy atom. The molecule has 1 N–H and O–H groups in total. The first-order valence-electron chi connectivity index (χ1n) is 8.39. The van der Waals surface area contributed by atoms with Crippen LogP contribution in [0.1, 0.15) is 18.7 Å². The van der Waals surface area contributed by atoms with Gasteiger partial charge in [0.15, 0.2) is 0 Å². The van der Waals surface area contributed by atoms with Gasteiger partial charge in [-0.1, -0.05) is 6.07 Å². The van der Waals surface area contributed by atoms with E-state index in [1.54, 1.807) is 18.6 Å². The van der Waals surface area contributed by atoms with E-state index in [9.17, 15) is 9.50 Å². The summed E-state index contributed by atoms with van der Waals surface area (Å²) in [5, 5.41) is 20.8. The van der Waals surface area contributed by atoms with Crippen molar-refractivity contribution in [2.45, 2.75) is 24.9 Å². The molecule has 1 saturated heterocycles. The van der Waals surface area contributed by atoms with Crippen LogP contribution in [0, 0.1) is 5.82 Å². The number of piperidine rings is 1. The van der Waals surface area contributed by atoms with Gasteiger partial charge < -0.3 is 14.6 Å². The van der Waals surface area contributed by atoms with Crippen molar-refractivity contribution in [1.29, 1.82) is 0 Å². The van der Waals surface area contributed by atoms with Gasteiger partial charge in [0.05, 0.1) is 5.60 Å². The predicted molar refractivity (Wildman–Crippen MR) is 92.8 cm³/mol. The van der Waals surface area contributed by atoms with Crippen LogP contribution in [0.2, 0.25) is 0 Å². The van der Waals surface area contributed by atoms with Gasteiger partial charge in [-0.25, -0.2) is 9.37 Å². The number of aryl methyl sites for hydroxylation is 1. The lowest BCUT2D eigenvalue weighted by Gasteiger charge is -2.40. The molecule has 25 heavy (non-hydrogen) atoms. The Labute approximate surface area is 144 Å². The number of halogens is 1. The zero-order valence-corrected chi connectivity index (χ0v) is 14.1. The first-order valence-corrected chi connectivity index (χ1v) is 8.39. The van der Waals surface area contributed by atoms with E-state index in [1.165, 1.54) is 12.1 Å². The molecule has 0 bridgehead atoms. The number of aromatic nitrogens is 4. The summed E-state index contributed by atoms with van der Waals surface area (Å²) in [6, 6.07) is 6.58. The van der Waals surface area contributed by atoms with Gasteiger partial charge in [-0.15, -0.1) is 10.2 Å². The Balaban J connectivity index is 1.65. The van der Waals surface area contributed by atoms with Gasteiger partial charge in [-0.3, -0.25) is 0 Å². The molecule has 1 aliphatic heterocycles. The largest absolute Gasteiger partial charge is 0.388 e. The van der Waals surface area contributed by atoms with Gasteiger partial charge in [0.25, 0.3) is 0 Å². The Morgan fingerprint density at radius 1 is 1.32 bits per heavy atom. The van der Waals surface area contributed by atoms with E-state index in [0.717, 1.165) is 29.6 Å². The molecule has 1 aliphatic rings. The second-order valence-electron chi connectivity index (χ2n) is 6.78. The third-order valence-corrected chi connectivity index (χ3v) is 4.85. The molecule has 0 aliphatic carbocycles. The van der Waals surface area contributed by atoms with Crippen molar-refractivity contribution >= 4 is 16.6 Å². The number of anilines is 1. The molecule has 130 valence electrons. The molecule has 1 atom stereocenters. The summed E-state index contributed by atoms with van der Waals surface area (Å²) >= 11 is 0. The fraction of sp³-hybridized carbons (Fsp3) is 0.389. The highest BCUT2D eigenvalue weighted by Crippen LogP contribution is 2.31. The van der Waals surface area contributed by atoms with E-state index in [-0.39, 0.29) is 5.82 Å². The summed E-state index contributed by atoms with van der Waals surface area (Å²) in [4.78, 5) is 6.51. The number of β-amino-alcohol motifs (C(OH)–C–C–N with tert-alkyl or cyclic N) is 1. The zero-order chi connectivity index (χ0) is 17.4. The highest BCUT2D eigenvalue weighted by Gasteiger charge is 2.35. The molecule has 4 rings (SSSR count). The van der Waals surface area contributed by atoms with Crippen LogP contribution in [0.25, 0.3) is 10.8 Å². The van der Waals surface area contributed by atoms with E-state index < -0.39 is 5.60 Å². The lowest BCUT2D eigenvalue weighted by atomic mass is 9.89. The molecule has 2 aromatic heterocycles. The molecule has 0 radical (unpaired) electrons. The molecule has 3 aromatic rings. The summed E-state index contributed by atoms with van der Waals surface area (Å²) < 4.78 is 15.5. The minimum atomic E-state index is -0.907. The van der Waals surface area contributed by atoms with Crippen molar-refractivity contribution < 1.29 is 9.50 Å². The molecule has 7 heteroatoms. The van der Waals surface area contributed by atoms with Crippen molar-refractivity contribution in [1.82, 2.24) is 19.7 Å². The lowest BCUT2D eigenvalue weighted by molar-refractivity contribution is 0.0237. The number of hydrogen-bond donors (Lipinski definition) is 1. The summed E-state index contributed by atoms with van der Waals surface area (Å²) in [5.74, 6) is 1.18. The van der Waals surface area contributed by atoms with Crippen LogP contribution in [0.3, 0.4) is 0 Å². The van der Waals surface area contributed by atoms with Gasteiger partial charge in [-0.2, -0.15) is 0 Å². The van der Waals surface area contributed by atoms with E-state index in [4.69, 9.17) is 0 Å². The number of hydrogen-bond acceptors (Lipinski definition) is 5. The second-order valence-corrected chi connectivity index (χ2v) is 6.78. The maximum Gasteiger partial charge on any atom is 0.136 e. The molecular formula is C18H20FN5O. The minimum absolute atomic E-state index is 0.284. The van der Waals surface area contributed by atoms with Crippen LogP contribution in [0.15, 0.2) is 36.8 Å². The third-order valence-electron chi connectivity index (χ3n) is 4.85. The Hall–Kier alpha value is -2.54. The zero-order valence-electron chi connectivity index (χ0n) is 14.1. The van der Waals surface area contributed by atoms with Crippen molar-refractivity contribution in [2.24, 2.45) is 7.05 Å². The van der Waals surface area contributed by atoms with Crippen LogP contribution < -0.4 is 4.90 Å². The highest BCUT2D eigenvalue weighted by atomic mass is 19.1. The van der Waals surface area contributed by atoms with Gasteiger partial charge in [0, 0.05) is 38.1 Å². The highest BCUT2D eigenvalue weighted by molar-refractivity contribution is 5.92. The number of aliphatic hydroxyl groups is 1. The molecule has 1 fully saturated rings. The average Bonchev–Trinajstić information content (AvgIpc) is 2.98. The number of nitrogens with zero attached hydrogens (tertiary/aromatic N) is 5. The number of pyridine rings is 1. The van der Waals surface area contributed by atoms with Crippen LogP contribution in [-0.2, 0) is 13.5 Å². The molecule has 1 aromatic carbocycles. The van der Waals surface area contributed by atoms with Crippen molar-refractivity contribution in [3.63, 3.8) is 0 Å². The maximum atomic E-state index is 13.7. The van der Waals surface area contributed by atoms with Crippen LogP contribution in [-0.4, -0.2) is 43.5 Å². The van der Waals surface area contributed by atoms with Crippen molar-refractivity contribution in [3.8, 4) is 0 Å². The molecule has 1 unspecified atom stereocenters. The summed E-state index contributed by atoms with van der Waals surface area (Å²) in [6.45, 7) is 1.21. The molecule has 6 nitrogen and oxygen atoms in total. The first-order chi connectivity index (χ1) is 12.0. The normalized spacial score (nSPS) is 21.0. The number of benzene rings is 1. The first kappa shape index (κ1) is 16.0. The summed E-state index contributed by atoms with van der Waals surface area (Å²) in [6.07, 6.45) is 5.32. The van der Waals surface area contributed by atoms with Gasteiger partial charge in [0.1, 0.15) is 23.8 Å². The standard InChI is InChI=1S/C18H20FN5O/c1-23-12-21-22-16(23)10-18(25)6-2-8-24(11-18)17-15-9-14(19)4-3-13(15)5-7-20-17/h3-5,7,9,12,25H,2,6,8,10-11H2,1H3. The lowest BCUT2D eigenvalue weighted by Crippen LogP contribution is -2.50. The Morgan fingerprint density at radius 3 is 3.00 bits per heavy atom. The van der Waals surface area contributed by atoms with Gasteiger partial charge >= 0.3 is 0 Å². The molecule has 0 saturated carbocycles. The van der Waals surface area contributed by atoms with E-state index in [2.05, 4.69) is 15.2 Å². The maximum absolute atomic E-state index is 13.7. The van der Waals surface area contributed by atoms with Crippen LogP contribution >= 0.6 is 0 Å². The second kappa shape index (κ2) is 6.07. The summed E-state index contributed by atoms with van der Waals surface area (Å²) in [5.41, 5.74) is -0.907. The quantitative estimate of drug-likeness (QED) is 0.790. The van der Waals surface area contributed by atoms with E-state index in [0.29, 0.717) is 25.2 Å². The average molecular weight is 341 g/mol. The van der Waals surface area contributed by atoms with Crippen LogP contribution in [0.4, 0.5) is 10.2 Å². The summed E-state index contributed by atoms with van der Waals surface area (Å²) in [7, 11) is 1.87. The van der Waals surface area contributed by atoms with Gasteiger partial charge in [0.2, 0.25) is 0 Å². The smallest absolute Gasteiger partial charge is 0.136 e. The molecule has 0 amide bonds. The van der Waals surface area contributed by atoms with E-state index >= 15 is 0 Å². The van der Waals surface area contributed by atoms with Crippen molar-refractivity contribution in [2.75, 3.05) is 18.0 Å². The van der Waals surface area contributed by atoms with Crippen molar-refractivity contribution in [3.05, 3.63) is 48.4 Å². The topological polar surface area (TPSA) is 67.1 Å². The predicted octanol–water partition coefficient (Wildman–Crippen LogP) is 2.08. The Bertz CT molecular complexity index is 911. The minimum Gasteiger partial charge on any atom is -0.388 e.